The molecule has 2 aromatic heterocycles. The molecule has 3 aliphatic carbocycles. The van der Waals surface area contributed by atoms with E-state index in [2.05, 4.69) is 56.3 Å². The van der Waals surface area contributed by atoms with Crippen LogP contribution in [0.3, 0.4) is 0 Å². The summed E-state index contributed by atoms with van der Waals surface area (Å²) in [6, 6.07) is 16.3. The number of nitrogens with one attached hydrogen (secondary N) is 3. The first kappa shape index (κ1) is 34.2. The maximum Gasteiger partial charge on any atom is 0.260 e. The van der Waals surface area contributed by atoms with Crippen molar-refractivity contribution >= 4 is 34.3 Å². The van der Waals surface area contributed by atoms with E-state index in [-0.39, 0.29) is 35.7 Å². The molecule has 10 nitrogen and oxygen atoms in total. The van der Waals surface area contributed by atoms with E-state index in [0.29, 0.717) is 67.2 Å². The maximum absolute atomic E-state index is 15.0. The van der Waals surface area contributed by atoms with Crippen molar-refractivity contribution in [2.45, 2.75) is 89.1 Å². The molecule has 12 heteroatoms. The van der Waals surface area contributed by atoms with Crippen molar-refractivity contribution in [2.24, 2.45) is 11.3 Å². The van der Waals surface area contributed by atoms with Gasteiger partial charge in [-0.25, -0.2) is 8.78 Å². The van der Waals surface area contributed by atoms with Crippen molar-refractivity contribution in [3.05, 3.63) is 70.9 Å². The summed E-state index contributed by atoms with van der Waals surface area (Å²) >= 11 is 0. The van der Waals surface area contributed by atoms with Gasteiger partial charge in [-0.1, -0.05) is 25.1 Å². The topological polar surface area (TPSA) is 117 Å². The first-order valence-electron chi connectivity index (χ1n) is 19.2. The normalized spacial score (nSPS) is 28.8. The Morgan fingerprint density at radius 3 is 2.42 bits per heavy atom. The molecule has 278 valence electrons. The van der Waals surface area contributed by atoms with E-state index in [1.165, 1.54) is 0 Å². The van der Waals surface area contributed by atoms with Crippen molar-refractivity contribution in [1.29, 1.82) is 0 Å². The number of piperazine rings is 1. The first-order chi connectivity index (χ1) is 25.4. The van der Waals surface area contributed by atoms with Crippen LogP contribution in [0.15, 0.2) is 48.5 Å². The second-order valence-electron chi connectivity index (χ2n) is 16.7. The lowest BCUT2D eigenvalue weighted by Crippen LogP contribution is -2.59. The predicted molar refractivity (Wildman–Crippen MR) is 198 cm³/mol. The highest BCUT2D eigenvalue weighted by Gasteiger charge is 2.70. The summed E-state index contributed by atoms with van der Waals surface area (Å²) in [7, 11) is 0. The van der Waals surface area contributed by atoms with Crippen molar-refractivity contribution in [1.82, 2.24) is 30.3 Å². The number of alkyl halides is 2. The van der Waals surface area contributed by atoms with Gasteiger partial charge in [0, 0.05) is 96.5 Å². The number of benzene rings is 2. The van der Waals surface area contributed by atoms with Gasteiger partial charge in [0.05, 0.1) is 17.5 Å². The van der Waals surface area contributed by atoms with E-state index in [4.69, 9.17) is 0 Å². The Bertz CT molecular complexity index is 2090. The van der Waals surface area contributed by atoms with Crippen LogP contribution in [0.5, 0.6) is 0 Å². The van der Waals surface area contributed by atoms with E-state index in [1.54, 1.807) is 6.92 Å². The van der Waals surface area contributed by atoms with Gasteiger partial charge in [-0.2, -0.15) is 5.10 Å². The number of H-pyrrole nitrogens is 2. The number of amides is 3. The number of nitrogens with zero attached hydrogens (tertiary/aromatic N) is 4. The minimum Gasteiger partial charge on any atom is -0.372 e. The van der Waals surface area contributed by atoms with E-state index >= 15 is 8.78 Å². The molecule has 5 heterocycles. The summed E-state index contributed by atoms with van der Waals surface area (Å²) in [6.45, 7) is 10.4. The number of piperidine rings is 2. The average Bonchev–Trinajstić information content (AvgIpc) is 3.77. The number of halogens is 2. The van der Waals surface area contributed by atoms with Crippen LogP contribution < -0.4 is 10.2 Å². The van der Waals surface area contributed by atoms with Gasteiger partial charge >= 0.3 is 0 Å². The molecular formula is C41H47F2N7O3. The first-order valence-corrected chi connectivity index (χ1v) is 19.2. The van der Waals surface area contributed by atoms with Gasteiger partial charge in [0.25, 0.3) is 11.8 Å². The highest BCUT2D eigenvalue weighted by Crippen LogP contribution is 2.68. The van der Waals surface area contributed by atoms with Crippen molar-refractivity contribution in [3.8, 4) is 11.4 Å². The Balaban J connectivity index is 0.807. The van der Waals surface area contributed by atoms with Crippen LogP contribution >= 0.6 is 0 Å². The summed E-state index contributed by atoms with van der Waals surface area (Å²) in [6.07, 6.45) is 3.89. The number of anilines is 1. The van der Waals surface area contributed by atoms with E-state index in [1.807, 2.05) is 41.3 Å². The Hall–Kier alpha value is -4.58. The zero-order valence-electron chi connectivity index (χ0n) is 30.6. The molecule has 2 aromatic carbocycles. The fourth-order valence-electron chi connectivity index (χ4n) is 10.0. The molecule has 6 aliphatic rings. The third kappa shape index (κ3) is 5.66. The standard InChI is InChI=1S/C41H47F2N7O3/c1-23-20-49(21-24(2)50(23)22-25-12-14-48(15-13-25)29-8-6-26(7-9-29)30-10-11-35(51)45-38(30)52)39(53)28-5-4-27-16-33(44-32(27)17-28)37-36-31-18-40(3,41(31,42)43)19-34(36)46-47-37/h4-9,16-17,23-25,30-31,44H,10-15,18-22H2,1-3H3,(H,46,47)(H,45,51,52)/t23-,24+,30?,31?,40-/m0/s1. The van der Waals surface area contributed by atoms with Gasteiger partial charge in [-0.05, 0) is 81.3 Å². The quantitative estimate of drug-likeness (QED) is 0.204. The fraction of sp³-hybridized carbons (Fsp3) is 0.512. The van der Waals surface area contributed by atoms with Crippen LogP contribution in [0.25, 0.3) is 22.3 Å². The van der Waals surface area contributed by atoms with Crippen LogP contribution in [0.4, 0.5) is 14.5 Å². The summed E-state index contributed by atoms with van der Waals surface area (Å²) in [5.74, 6) is -3.64. The lowest BCUT2D eigenvalue weighted by molar-refractivity contribution is -0.220. The zero-order valence-corrected chi connectivity index (χ0v) is 30.6. The van der Waals surface area contributed by atoms with E-state index < -0.39 is 17.3 Å². The number of rotatable bonds is 6. The summed E-state index contributed by atoms with van der Waals surface area (Å²) in [5.41, 5.74) is 5.21. The number of aromatic nitrogens is 3. The van der Waals surface area contributed by atoms with Gasteiger partial charge in [-0.3, -0.25) is 29.7 Å². The van der Waals surface area contributed by atoms with Crippen molar-refractivity contribution in [3.63, 3.8) is 0 Å². The molecule has 1 saturated carbocycles. The minimum absolute atomic E-state index is 0.00359. The van der Waals surface area contributed by atoms with E-state index in [0.717, 1.165) is 60.3 Å². The third-order valence-corrected chi connectivity index (χ3v) is 13.2. The largest absolute Gasteiger partial charge is 0.372 e. The van der Waals surface area contributed by atoms with Crippen LogP contribution in [0.2, 0.25) is 0 Å². The second-order valence-corrected chi connectivity index (χ2v) is 16.7. The molecule has 4 fully saturated rings. The molecule has 4 aromatic rings. The zero-order chi connectivity index (χ0) is 36.8. The Morgan fingerprint density at radius 1 is 0.981 bits per heavy atom. The number of fused-ring (bicyclic) bond motifs is 1. The van der Waals surface area contributed by atoms with Gasteiger partial charge in [0.1, 0.15) is 5.69 Å². The van der Waals surface area contributed by atoms with Gasteiger partial charge in [0.2, 0.25) is 11.8 Å². The van der Waals surface area contributed by atoms with Crippen molar-refractivity contribution < 1.29 is 23.2 Å². The van der Waals surface area contributed by atoms with Crippen LogP contribution in [0, 0.1) is 11.3 Å². The molecule has 0 radical (unpaired) electrons. The average molecular weight is 724 g/mol. The van der Waals surface area contributed by atoms with Gasteiger partial charge in [0.15, 0.2) is 0 Å². The molecule has 2 bridgehead atoms. The summed E-state index contributed by atoms with van der Waals surface area (Å²) < 4.78 is 30.1. The Morgan fingerprint density at radius 2 is 1.72 bits per heavy atom. The van der Waals surface area contributed by atoms with Crippen LogP contribution in [0.1, 0.15) is 91.9 Å². The smallest absolute Gasteiger partial charge is 0.260 e. The number of hydrogen-bond acceptors (Lipinski definition) is 6. The monoisotopic (exact) mass is 723 g/mol. The van der Waals surface area contributed by atoms with Gasteiger partial charge < -0.3 is 14.8 Å². The summed E-state index contributed by atoms with van der Waals surface area (Å²) in [5, 5.41) is 10.9. The summed E-state index contributed by atoms with van der Waals surface area (Å²) in [4.78, 5) is 48.1. The molecule has 3 N–H and O–H groups in total. The van der Waals surface area contributed by atoms with Crippen LogP contribution in [-0.2, 0) is 16.0 Å². The molecule has 5 atom stereocenters. The molecule has 53 heavy (non-hydrogen) atoms. The third-order valence-electron chi connectivity index (χ3n) is 13.2. The molecule has 3 aliphatic heterocycles. The molecular weight excluding hydrogens is 676 g/mol. The van der Waals surface area contributed by atoms with Crippen LogP contribution in [-0.4, -0.2) is 93.4 Å². The molecule has 3 amide bonds. The number of carbonyl (C=O) groups is 3. The highest BCUT2D eigenvalue weighted by atomic mass is 19.3. The molecule has 0 spiro atoms. The highest BCUT2D eigenvalue weighted by molar-refractivity contribution is 6.01. The predicted octanol–water partition coefficient (Wildman–Crippen LogP) is 6.21. The van der Waals surface area contributed by atoms with Crippen molar-refractivity contribution in [2.75, 3.05) is 37.6 Å². The Labute approximate surface area is 307 Å². The second kappa shape index (κ2) is 12.5. The van der Waals surface area contributed by atoms with E-state index in [9.17, 15) is 14.4 Å². The minimum atomic E-state index is -2.74. The fourth-order valence-corrected chi connectivity index (χ4v) is 10.0. The number of imide groups is 1. The molecule has 3 saturated heterocycles. The van der Waals surface area contributed by atoms with Gasteiger partial charge in [-0.15, -0.1) is 0 Å². The molecule has 2 unspecified atom stereocenters. The lowest BCUT2D eigenvalue weighted by atomic mass is 9.51. The molecule has 10 rings (SSSR count). The lowest BCUT2D eigenvalue weighted by Gasteiger charge is -2.56. The number of hydrogen-bond donors (Lipinski definition) is 3. The maximum atomic E-state index is 15.0. The Kier molecular flexibility index (Phi) is 8.07. The number of aromatic amines is 2. The SMILES string of the molecule is C[C@@H]1CN(C(=O)c2ccc3cc(-c4n[nH]c5c4C4C[C@@](C)(C5)C4(F)F)[nH]c3c2)C[C@H](C)N1CC1CCN(c2ccc(C3CCC(=O)NC3=O)cc2)CC1. The number of carbonyl (C=O) groups excluding carboxylic acids is 3.